The van der Waals surface area contributed by atoms with E-state index in [4.69, 9.17) is 53.8 Å². The second-order valence-electron chi connectivity index (χ2n) is 4.08. The fraction of sp³-hybridized carbons (Fsp3) is 0.571. The highest BCUT2D eigenvalue weighted by molar-refractivity contribution is 6.35. The van der Waals surface area contributed by atoms with E-state index in [0.29, 0.717) is 55.4 Å². The fourth-order valence-corrected chi connectivity index (χ4v) is 2.33. The summed E-state index contributed by atoms with van der Waals surface area (Å²) in [7, 11) is 1.63. The molecule has 7 heteroatoms. The van der Waals surface area contributed by atoms with Crippen molar-refractivity contribution in [3.63, 3.8) is 0 Å². The van der Waals surface area contributed by atoms with Crippen LogP contribution in [0.4, 0.5) is 0 Å². The van der Waals surface area contributed by atoms with Crippen molar-refractivity contribution in [1.29, 1.82) is 0 Å². The monoisotopic (exact) mass is 356 g/mol. The van der Waals surface area contributed by atoms with Crippen molar-refractivity contribution in [3.05, 3.63) is 27.7 Å². The van der Waals surface area contributed by atoms with Gasteiger partial charge in [0.25, 0.3) is 0 Å². The third-order valence-electron chi connectivity index (χ3n) is 2.51. The van der Waals surface area contributed by atoms with Crippen LogP contribution in [0, 0.1) is 0 Å². The Bertz CT molecular complexity index is 415. The molecule has 1 aromatic carbocycles. The third-order valence-corrected chi connectivity index (χ3v) is 3.29. The molecule has 0 fully saturated rings. The van der Waals surface area contributed by atoms with Crippen LogP contribution in [-0.2, 0) is 20.1 Å². The summed E-state index contributed by atoms with van der Waals surface area (Å²) in [6.07, 6.45) is 0. The van der Waals surface area contributed by atoms with Gasteiger partial charge in [0.2, 0.25) is 0 Å². The van der Waals surface area contributed by atoms with Gasteiger partial charge in [0.15, 0.2) is 0 Å². The van der Waals surface area contributed by atoms with Crippen molar-refractivity contribution in [2.45, 2.75) is 5.88 Å². The molecule has 0 amide bonds. The first-order valence-electron chi connectivity index (χ1n) is 6.50. The second kappa shape index (κ2) is 11.4. The molecule has 1 aromatic rings. The number of rotatable bonds is 11. The Morgan fingerprint density at radius 3 is 2.14 bits per heavy atom. The van der Waals surface area contributed by atoms with E-state index in [-0.39, 0.29) is 5.88 Å². The molecule has 0 aliphatic carbocycles. The molecule has 0 heterocycles. The van der Waals surface area contributed by atoms with Gasteiger partial charge in [-0.3, -0.25) is 0 Å². The summed E-state index contributed by atoms with van der Waals surface area (Å²) in [6.45, 7) is 2.99. The zero-order valence-electron chi connectivity index (χ0n) is 11.9. The Balaban J connectivity index is 2.21. The van der Waals surface area contributed by atoms with Crippen molar-refractivity contribution in [1.82, 2.24) is 0 Å². The van der Waals surface area contributed by atoms with Crippen molar-refractivity contribution in [2.75, 3.05) is 46.8 Å². The average Bonchev–Trinajstić information content (AvgIpc) is 2.46. The van der Waals surface area contributed by atoms with Gasteiger partial charge in [0.1, 0.15) is 12.4 Å². The highest BCUT2D eigenvalue weighted by atomic mass is 35.5. The summed E-state index contributed by atoms with van der Waals surface area (Å²) < 4.78 is 21.1. The molecule has 0 unspecified atom stereocenters. The van der Waals surface area contributed by atoms with Crippen molar-refractivity contribution >= 4 is 34.8 Å². The van der Waals surface area contributed by atoms with Crippen LogP contribution < -0.4 is 4.74 Å². The Morgan fingerprint density at radius 2 is 1.52 bits per heavy atom. The minimum absolute atomic E-state index is 0.282. The van der Waals surface area contributed by atoms with E-state index in [1.165, 1.54) is 0 Å². The van der Waals surface area contributed by atoms with Crippen LogP contribution >= 0.6 is 34.8 Å². The summed E-state index contributed by atoms with van der Waals surface area (Å²) in [5.74, 6) is 0.833. The lowest BCUT2D eigenvalue weighted by Crippen LogP contribution is -2.12. The van der Waals surface area contributed by atoms with Crippen molar-refractivity contribution < 1.29 is 18.9 Å². The molecule has 120 valence electrons. The summed E-state index contributed by atoms with van der Waals surface area (Å²) in [6, 6.07) is 3.36. The van der Waals surface area contributed by atoms with Gasteiger partial charge in [-0.1, -0.05) is 23.2 Å². The normalized spacial score (nSPS) is 10.9. The predicted octanol–water partition coefficient (Wildman–Crippen LogP) is 3.79. The third kappa shape index (κ3) is 7.54. The molecule has 0 spiro atoms. The number of benzene rings is 1. The first-order chi connectivity index (χ1) is 10.2. The van der Waals surface area contributed by atoms with Gasteiger partial charge in [-0.05, 0) is 12.1 Å². The molecule has 0 saturated carbocycles. The molecule has 21 heavy (non-hydrogen) atoms. The lowest BCUT2D eigenvalue weighted by Gasteiger charge is -2.12. The summed E-state index contributed by atoms with van der Waals surface area (Å²) >= 11 is 17.8. The maximum Gasteiger partial charge on any atom is 0.142 e. The number of hydrogen-bond donors (Lipinski definition) is 0. The van der Waals surface area contributed by atoms with E-state index in [1.807, 2.05) is 0 Å². The Labute approximate surface area is 140 Å². The molecule has 1 rings (SSSR count). The first-order valence-corrected chi connectivity index (χ1v) is 7.79. The Hall–Kier alpha value is -0.230. The quantitative estimate of drug-likeness (QED) is 0.446. The number of hydrogen-bond acceptors (Lipinski definition) is 4. The molecule has 0 N–H and O–H groups in total. The van der Waals surface area contributed by atoms with E-state index >= 15 is 0 Å². The molecular weight excluding hydrogens is 339 g/mol. The van der Waals surface area contributed by atoms with Gasteiger partial charge in [-0.25, -0.2) is 0 Å². The lowest BCUT2D eigenvalue weighted by molar-refractivity contribution is 0.0179. The fourth-order valence-electron chi connectivity index (χ4n) is 1.54. The zero-order valence-corrected chi connectivity index (χ0v) is 14.1. The summed E-state index contributed by atoms with van der Waals surface area (Å²) in [4.78, 5) is 0. The van der Waals surface area contributed by atoms with Crippen molar-refractivity contribution in [2.24, 2.45) is 0 Å². The zero-order chi connectivity index (χ0) is 15.5. The van der Waals surface area contributed by atoms with Gasteiger partial charge in [-0.15, -0.1) is 11.6 Å². The number of ether oxygens (including phenoxy) is 4. The topological polar surface area (TPSA) is 36.9 Å². The van der Waals surface area contributed by atoms with Crippen LogP contribution in [0.15, 0.2) is 12.1 Å². The van der Waals surface area contributed by atoms with Gasteiger partial charge < -0.3 is 18.9 Å². The summed E-state index contributed by atoms with van der Waals surface area (Å²) in [5, 5.41) is 0.980. The van der Waals surface area contributed by atoms with Gasteiger partial charge in [-0.2, -0.15) is 0 Å². The number of alkyl halides is 1. The highest BCUT2D eigenvalue weighted by Crippen LogP contribution is 2.33. The van der Waals surface area contributed by atoms with E-state index in [2.05, 4.69) is 0 Å². The lowest BCUT2D eigenvalue weighted by atomic mass is 10.2. The Morgan fingerprint density at radius 1 is 0.905 bits per heavy atom. The van der Waals surface area contributed by atoms with E-state index < -0.39 is 0 Å². The molecule has 0 aliphatic rings. The SMILES string of the molecule is COCCOCCOCCOc1c(Cl)cc(Cl)cc1CCl. The van der Waals surface area contributed by atoms with E-state index in [0.717, 1.165) is 5.56 Å². The maximum atomic E-state index is 6.08. The molecule has 4 nitrogen and oxygen atoms in total. The van der Waals surface area contributed by atoms with Gasteiger partial charge in [0, 0.05) is 17.7 Å². The van der Waals surface area contributed by atoms with Crippen LogP contribution in [-0.4, -0.2) is 46.8 Å². The van der Waals surface area contributed by atoms with E-state index in [9.17, 15) is 0 Å². The van der Waals surface area contributed by atoms with Crippen LogP contribution in [0.2, 0.25) is 10.0 Å². The van der Waals surface area contributed by atoms with Gasteiger partial charge in [0.05, 0.1) is 43.9 Å². The molecule has 0 radical (unpaired) electrons. The minimum Gasteiger partial charge on any atom is -0.489 e. The molecule has 0 aromatic heterocycles. The van der Waals surface area contributed by atoms with Crippen LogP contribution in [0.5, 0.6) is 5.75 Å². The minimum atomic E-state index is 0.282. The molecule has 0 aliphatic heterocycles. The predicted molar refractivity (Wildman–Crippen MR) is 85.0 cm³/mol. The first kappa shape index (κ1) is 18.8. The molecule has 0 atom stereocenters. The van der Waals surface area contributed by atoms with Crippen LogP contribution in [0.3, 0.4) is 0 Å². The Kier molecular flexibility index (Phi) is 10.2. The van der Waals surface area contributed by atoms with Crippen molar-refractivity contribution in [3.8, 4) is 5.75 Å². The summed E-state index contributed by atoms with van der Waals surface area (Å²) in [5.41, 5.74) is 0.761. The highest BCUT2D eigenvalue weighted by Gasteiger charge is 2.10. The molecule has 0 saturated heterocycles. The smallest absolute Gasteiger partial charge is 0.142 e. The number of halogens is 3. The van der Waals surface area contributed by atoms with Crippen LogP contribution in [0.25, 0.3) is 0 Å². The van der Waals surface area contributed by atoms with Gasteiger partial charge >= 0.3 is 0 Å². The number of methoxy groups -OCH3 is 1. The average molecular weight is 358 g/mol. The van der Waals surface area contributed by atoms with E-state index in [1.54, 1.807) is 19.2 Å². The largest absolute Gasteiger partial charge is 0.489 e. The van der Waals surface area contributed by atoms with Crippen LogP contribution in [0.1, 0.15) is 5.56 Å². The maximum absolute atomic E-state index is 6.08. The standard InChI is InChI=1S/C14H19Cl3O4/c1-18-2-3-19-4-5-20-6-7-21-14-11(10-15)8-12(16)9-13(14)17/h8-9H,2-7,10H2,1H3. The molecular formula is C14H19Cl3O4. The molecule has 0 bridgehead atoms. The second-order valence-corrected chi connectivity index (χ2v) is 5.19.